The zero-order valence-electron chi connectivity index (χ0n) is 15.3. The average molecular weight is 353 g/mol. The lowest BCUT2D eigenvalue weighted by Gasteiger charge is -2.24. The van der Waals surface area contributed by atoms with Crippen molar-refractivity contribution in [1.82, 2.24) is 9.55 Å². The highest BCUT2D eigenvalue weighted by Crippen LogP contribution is 2.45. The quantitative estimate of drug-likeness (QED) is 0.822. The molecular formula is C21H24FN3O. The van der Waals surface area contributed by atoms with Gasteiger partial charge in [-0.3, -0.25) is 9.36 Å². The second-order valence-corrected chi connectivity index (χ2v) is 7.47. The van der Waals surface area contributed by atoms with Crippen LogP contribution in [0.5, 0.6) is 0 Å². The molecule has 136 valence electrons. The first kappa shape index (κ1) is 17.0. The molecule has 1 aromatic heterocycles. The number of hydrogen-bond acceptors (Lipinski definition) is 3. The number of rotatable bonds is 5. The van der Waals surface area contributed by atoms with Crippen LogP contribution in [-0.4, -0.2) is 16.1 Å². The van der Waals surface area contributed by atoms with Crippen LogP contribution in [-0.2, 0) is 0 Å². The molecule has 0 amide bonds. The molecule has 26 heavy (non-hydrogen) atoms. The van der Waals surface area contributed by atoms with Crippen molar-refractivity contribution < 1.29 is 4.39 Å². The number of anilines is 1. The zero-order valence-corrected chi connectivity index (χ0v) is 15.3. The third-order valence-electron chi connectivity index (χ3n) is 5.60. The molecule has 1 fully saturated rings. The van der Waals surface area contributed by atoms with Gasteiger partial charge in [0, 0.05) is 24.4 Å². The van der Waals surface area contributed by atoms with Gasteiger partial charge >= 0.3 is 0 Å². The van der Waals surface area contributed by atoms with Crippen molar-refractivity contribution in [2.75, 3.05) is 11.9 Å². The van der Waals surface area contributed by atoms with Crippen molar-refractivity contribution in [2.45, 2.75) is 39.5 Å². The fourth-order valence-corrected chi connectivity index (χ4v) is 4.17. The SMILES string of the molecule is Cc1cc(=O)n(-c2ccc(NCCC3C=C4CCC4C3)c(F)c2)c(C)n1. The van der Waals surface area contributed by atoms with Crippen LogP contribution in [0, 0.1) is 31.5 Å². The molecular weight excluding hydrogens is 329 g/mol. The van der Waals surface area contributed by atoms with Crippen LogP contribution in [0.25, 0.3) is 5.69 Å². The predicted molar refractivity (Wildman–Crippen MR) is 101 cm³/mol. The molecule has 0 radical (unpaired) electrons. The van der Waals surface area contributed by atoms with E-state index in [-0.39, 0.29) is 11.4 Å². The van der Waals surface area contributed by atoms with Gasteiger partial charge in [-0.05, 0) is 63.5 Å². The second kappa shape index (κ2) is 6.71. The van der Waals surface area contributed by atoms with E-state index in [0.29, 0.717) is 28.8 Å². The lowest BCUT2D eigenvalue weighted by Crippen LogP contribution is -2.22. The number of fused-ring (bicyclic) bond motifs is 1. The number of halogens is 1. The molecule has 1 saturated carbocycles. The van der Waals surface area contributed by atoms with Crippen molar-refractivity contribution in [3.05, 3.63) is 63.6 Å². The van der Waals surface area contributed by atoms with Gasteiger partial charge in [0.05, 0.1) is 11.4 Å². The van der Waals surface area contributed by atoms with Gasteiger partial charge in [0.15, 0.2) is 0 Å². The minimum atomic E-state index is -0.348. The van der Waals surface area contributed by atoms with Crippen molar-refractivity contribution in [3.63, 3.8) is 0 Å². The molecule has 2 unspecified atom stereocenters. The summed E-state index contributed by atoms with van der Waals surface area (Å²) in [5.41, 5.74) is 3.09. The highest BCUT2D eigenvalue weighted by atomic mass is 19.1. The van der Waals surface area contributed by atoms with Gasteiger partial charge in [0.2, 0.25) is 0 Å². The highest BCUT2D eigenvalue weighted by molar-refractivity contribution is 5.50. The molecule has 4 nitrogen and oxygen atoms in total. The van der Waals surface area contributed by atoms with E-state index in [2.05, 4.69) is 16.4 Å². The van der Waals surface area contributed by atoms with E-state index < -0.39 is 0 Å². The molecule has 2 aromatic rings. The summed E-state index contributed by atoms with van der Waals surface area (Å²) in [6.45, 7) is 4.28. The maximum absolute atomic E-state index is 14.5. The van der Waals surface area contributed by atoms with E-state index in [1.807, 2.05) is 0 Å². The van der Waals surface area contributed by atoms with Crippen LogP contribution in [0.1, 0.15) is 37.2 Å². The van der Waals surface area contributed by atoms with Gasteiger partial charge in [-0.15, -0.1) is 0 Å². The zero-order chi connectivity index (χ0) is 18.3. The summed E-state index contributed by atoms with van der Waals surface area (Å²) in [4.78, 5) is 16.5. The molecule has 1 N–H and O–H groups in total. The number of nitrogens with one attached hydrogen (secondary N) is 1. The number of aromatic nitrogens is 2. The summed E-state index contributed by atoms with van der Waals surface area (Å²) in [6, 6.07) is 6.31. The maximum Gasteiger partial charge on any atom is 0.258 e. The summed E-state index contributed by atoms with van der Waals surface area (Å²) >= 11 is 0. The van der Waals surface area contributed by atoms with E-state index in [1.54, 1.807) is 31.6 Å². The Morgan fingerprint density at radius 1 is 1.31 bits per heavy atom. The number of benzene rings is 1. The number of nitrogens with zero attached hydrogens (tertiary/aromatic N) is 2. The molecule has 0 aliphatic heterocycles. The molecule has 0 saturated heterocycles. The van der Waals surface area contributed by atoms with Crippen molar-refractivity contribution in [2.24, 2.45) is 11.8 Å². The fraction of sp³-hybridized carbons (Fsp3) is 0.429. The maximum atomic E-state index is 14.5. The molecule has 0 spiro atoms. The third-order valence-corrected chi connectivity index (χ3v) is 5.60. The molecule has 0 bridgehead atoms. The Bertz CT molecular complexity index is 931. The fourth-order valence-electron chi connectivity index (χ4n) is 4.17. The van der Waals surface area contributed by atoms with E-state index in [4.69, 9.17) is 0 Å². The first-order valence-electron chi connectivity index (χ1n) is 9.33. The van der Waals surface area contributed by atoms with Crippen LogP contribution in [0.2, 0.25) is 0 Å². The predicted octanol–water partition coefficient (Wildman–Crippen LogP) is 4.15. The smallest absolute Gasteiger partial charge is 0.258 e. The Morgan fingerprint density at radius 2 is 2.15 bits per heavy atom. The van der Waals surface area contributed by atoms with Crippen LogP contribution in [0.3, 0.4) is 0 Å². The van der Waals surface area contributed by atoms with E-state index in [1.165, 1.54) is 36.0 Å². The average Bonchev–Trinajstić information content (AvgIpc) is 2.83. The third kappa shape index (κ3) is 3.18. The minimum Gasteiger partial charge on any atom is -0.383 e. The lowest BCUT2D eigenvalue weighted by molar-refractivity contribution is 0.407. The molecule has 1 heterocycles. The van der Waals surface area contributed by atoms with Gasteiger partial charge in [0.1, 0.15) is 11.6 Å². The van der Waals surface area contributed by atoms with Crippen LogP contribution < -0.4 is 10.9 Å². The standard InChI is InChI=1S/C21H24FN3O/c1-13-9-21(26)25(14(2)24-13)18-5-6-20(19(22)12-18)23-8-7-15-10-16-3-4-17(16)11-15/h5-6,9-10,12,15,17,23H,3-4,7-8,11H2,1-2H3. The molecule has 2 aliphatic carbocycles. The topological polar surface area (TPSA) is 46.9 Å². The Hall–Kier alpha value is -2.43. The Kier molecular flexibility index (Phi) is 4.39. The van der Waals surface area contributed by atoms with Crippen molar-refractivity contribution in [3.8, 4) is 5.69 Å². The van der Waals surface area contributed by atoms with Gasteiger partial charge < -0.3 is 5.32 Å². The first-order chi connectivity index (χ1) is 12.5. The summed E-state index contributed by atoms with van der Waals surface area (Å²) in [6.07, 6.45) is 7.34. The largest absolute Gasteiger partial charge is 0.383 e. The first-order valence-corrected chi connectivity index (χ1v) is 9.33. The van der Waals surface area contributed by atoms with Crippen molar-refractivity contribution in [1.29, 1.82) is 0 Å². The molecule has 5 heteroatoms. The summed E-state index contributed by atoms with van der Waals surface area (Å²) in [5, 5.41) is 3.20. The number of allylic oxidation sites excluding steroid dienone is 2. The summed E-state index contributed by atoms with van der Waals surface area (Å²) in [5.74, 6) is 1.67. The van der Waals surface area contributed by atoms with Gasteiger partial charge in [0.25, 0.3) is 5.56 Å². The molecule has 2 aliphatic rings. The molecule has 2 atom stereocenters. The van der Waals surface area contributed by atoms with Crippen LogP contribution >= 0.6 is 0 Å². The van der Waals surface area contributed by atoms with Crippen LogP contribution in [0.15, 0.2) is 40.7 Å². The number of hydrogen-bond donors (Lipinski definition) is 1. The normalized spacial score (nSPS) is 21.1. The second-order valence-electron chi connectivity index (χ2n) is 7.47. The van der Waals surface area contributed by atoms with E-state index in [0.717, 1.165) is 18.9 Å². The molecule has 4 rings (SSSR count). The molecule has 1 aromatic carbocycles. The Balaban J connectivity index is 1.44. The summed E-state index contributed by atoms with van der Waals surface area (Å²) in [7, 11) is 0. The monoisotopic (exact) mass is 353 g/mol. The van der Waals surface area contributed by atoms with E-state index in [9.17, 15) is 9.18 Å². The highest BCUT2D eigenvalue weighted by Gasteiger charge is 2.32. The van der Waals surface area contributed by atoms with Gasteiger partial charge in [-0.2, -0.15) is 0 Å². The number of aryl methyl sites for hydroxylation is 2. The summed E-state index contributed by atoms with van der Waals surface area (Å²) < 4.78 is 15.9. The van der Waals surface area contributed by atoms with Gasteiger partial charge in [-0.1, -0.05) is 11.6 Å². The van der Waals surface area contributed by atoms with Gasteiger partial charge in [-0.25, -0.2) is 9.37 Å². The van der Waals surface area contributed by atoms with Crippen LogP contribution in [0.4, 0.5) is 10.1 Å². The lowest BCUT2D eigenvalue weighted by atomic mass is 9.81. The Morgan fingerprint density at radius 3 is 2.77 bits per heavy atom. The van der Waals surface area contributed by atoms with Crippen molar-refractivity contribution >= 4 is 5.69 Å². The minimum absolute atomic E-state index is 0.195. The Labute approximate surface area is 152 Å². The van der Waals surface area contributed by atoms with E-state index >= 15 is 0 Å².